The molecule has 2 aromatic heterocycles. The Morgan fingerprint density at radius 3 is 2.81 bits per heavy atom. The second-order valence-electron chi connectivity index (χ2n) is 3.81. The summed E-state index contributed by atoms with van der Waals surface area (Å²) < 4.78 is 26.4. The van der Waals surface area contributed by atoms with E-state index in [-0.39, 0.29) is 16.4 Å². The Balaban J connectivity index is 1.95. The van der Waals surface area contributed by atoms with Gasteiger partial charge in [-0.15, -0.1) is 22.7 Å². The van der Waals surface area contributed by atoms with Crippen LogP contribution in [0.3, 0.4) is 0 Å². The fourth-order valence-corrected chi connectivity index (χ4v) is 4.36. The lowest BCUT2D eigenvalue weighted by molar-refractivity contribution is 0.0691. The van der Waals surface area contributed by atoms with Gasteiger partial charge in [0.05, 0.1) is 5.01 Å². The van der Waals surface area contributed by atoms with Crippen LogP contribution in [-0.2, 0) is 16.4 Å². The number of aromatic nitrogens is 1. The van der Waals surface area contributed by atoms with Gasteiger partial charge < -0.3 is 5.11 Å². The molecule has 0 aromatic carbocycles. The normalized spacial score (nSPS) is 11.2. The summed E-state index contributed by atoms with van der Waals surface area (Å²) in [4.78, 5) is 14.9. The summed E-state index contributed by atoms with van der Waals surface area (Å²) in [7, 11) is -3.65. The van der Waals surface area contributed by atoms with Crippen LogP contribution in [0.2, 0.25) is 0 Å². The molecule has 2 rings (SSSR count). The number of thiazole rings is 1. The van der Waals surface area contributed by atoms with E-state index in [4.69, 9.17) is 10.4 Å². The number of carboxylic acids is 1. The summed E-state index contributed by atoms with van der Waals surface area (Å²) in [6.45, 7) is 0.106. The topological polar surface area (TPSA) is 120 Å². The molecule has 2 N–H and O–H groups in total. The van der Waals surface area contributed by atoms with Crippen LogP contribution in [0.15, 0.2) is 21.7 Å². The molecule has 0 aliphatic rings. The van der Waals surface area contributed by atoms with Crippen LogP contribution in [0.25, 0.3) is 0 Å². The Kier molecular flexibility index (Phi) is 4.69. The van der Waals surface area contributed by atoms with Crippen LogP contribution < -0.4 is 4.72 Å². The number of nitrogens with zero attached hydrogens (tertiary/aromatic N) is 2. The van der Waals surface area contributed by atoms with E-state index in [1.54, 1.807) is 0 Å². The number of rotatable bonds is 6. The SMILES string of the molecule is N#Cc1ccc(S(=O)(=O)NCCc2nc(C(=O)O)cs2)s1. The minimum atomic E-state index is -3.65. The van der Waals surface area contributed by atoms with Gasteiger partial charge in [-0.1, -0.05) is 0 Å². The van der Waals surface area contributed by atoms with Crippen LogP contribution >= 0.6 is 22.7 Å². The fourth-order valence-electron chi connectivity index (χ4n) is 1.41. The number of nitriles is 1. The lowest BCUT2D eigenvalue weighted by Gasteiger charge is -2.02. The second-order valence-corrected chi connectivity index (χ2v) is 7.83. The highest BCUT2D eigenvalue weighted by Crippen LogP contribution is 2.20. The standard InChI is InChI=1S/C11H9N3O4S3/c12-5-7-1-2-10(20-7)21(17,18)13-4-3-9-14-8(6-19-9)11(15)16/h1-2,6,13H,3-4H2,(H,15,16). The molecule has 21 heavy (non-hydrogen) atoms. The second kappa shape index (κ2) is 6.31. The van der Waals surface area contributed by atoms with E-state index in [1.807, 2.05) is 6.07 Å². The summed E-state index contributed by atoms with van der Waals surface area (Å²) in [5, 5.41) is 19.4. The zero-order valence-corrected chi connectivity index (χ0v) is 12.9. The Hall–Kier alpha value is -1.80. The molecule has 0 unspecified atom stereocenters. The van der Waals surface area contributed by atoms with Gasteiger partial charge in [-0.25, -0.2) is 22.9 Å². The third kappa shape index (κ3) is 3.85. The minimum absolute atomic E-state index is 0.0465. The predicted molar refractivity (Wildman–Crippen MR) is 77.0 cm³/mol. The lowest BCUT2D eigenvalue weighted by atomic mass is 10.4. The molecule has 0 amide bonds. The number of carbonyl (C=O) groups is 1. The van der Waals surface area contributed by atoms with Crippen LogP contribution in [0.1, 0.15) is 20.4 Å². The van der Waals surface area contributed by atoms with Gasteiger partial charge >= 0.3 is 5.97 Å². The first-order chi connectivity index (χ1) is 9.92. The van der Waals surface area contributed by atoms with Crippen molar-refractivity contribution >= 4 is 38.7 Å². The van der Waals surface area contributed by atoms with Crippen molar-refractivity contribution in [1.29, 1.82) is 5.26 Å². The number of sulfonamides is 1. The van der Waals surface area contributed by atoms with Crippen molar-refractivity contribution in [3.8, 4) is 6.07 Å². The van der Waals surface area contributed by atoms with E-state index in [1.165, 1.54) is 17.5 Å². The van der Waals surface area contributed by atoms with E-state index in [0.29, 0.717) is 16.3 Å². The third-order valence-corrected chi connectivity index (χ3v) is 6.21. The summed E-state index contributed by atoms with van der Waals surface area (Å²) in [5.74, 6) is -1.11. The van der Waals surface area contributed by atoms with Crippen molar-refractivity contribution < 1.29 is 18.3 Å². The highest BCUT2D eigenvalue weighted by atomic mass is 32.2. The molecule has 0 saturated carbocycles. The van der Waals surface area contributed by atoms with Gasteiger partial charge in [0, 0.05) is 18.3 Å². The molecule has 0 saturated heterocycles. The molecular weight excluding hydrogens is 334 g/mol. The molecule has 0 fully saturated rings. The molecule has 10 heteroatoms. The number of hydrogen-bond donors (Lipinski definition) is 2. The minimum Gasteiger partial charge on any atom is -0.476 e. The van der Waals surface area contributed by atoms with Gasteiger partial charge in [0.1, 0.15) is 15.2 Å². The monoisotopic (exact) mass is 343 g/mol. The lowest BCUT2D eigenvalue weighted by Crippen LogP contribution is -2.25. The Morgan fingerprint density at radius 2 is 2.24 bits per heavy atom. The zero-order valence-electron chi connectivity index (χ0n) is 10.4. The first-order valence-electron chi connectivity index (χ1n) is 5.59. The van der Waals surface area contributed by atoms with Crippen molar-refractivity contribution in [2.45, 2.75) is 10.6 Å². The van der Waals surface area contributed by atoms with E-state index >= 15 is 0 Å². The van der Waals surface area contributed by atoms with Crippen LogP contribution in [0, 0.1) is 11.3 Å². The molecule has 110 valence electrons. The average molecular weight is 343 g/mol. The number of thiophene rings is 1. The van der Waals surface area contributed by atoms with Crippen LogP contribution in [-0.4, -0.2) is 31.0 Å². The summed E-state index contributed by atoms with van der Waals surface area (Å²) in [6.07, 6.45) is 0.299. The van der Waals surface area contributed by atoms with Gasteiger partial charge in [0.15, 0.2) is 5.69 Å². The smallest absolute Gasteiger partial charge is 0.355 e. The third-order valence-electron chi connectivity index (χ3n) is 2.36. The quantitative estimate of drug-likeness (QED) is 0.815. The Bertz CT molecular complexity index is 801. The number of hydrogen-bond acceptors (Lipinski definition) is 7. The number of aromatic carboxylic acids is 1. The largest absolute Gasteiger partial charge is 0.476 e. The summed E-state index contributed by atoms with van der Waals surface area (Å²) >= 11 is 2.06. The number of nitrogens with one attached hydrogen (secondary N) is 1. The first-order valence-corrected chi connectivity index (χ1v) is 8.77. The van der Waals surface area contributed by atoms with Gasteiger partial charge in [0.2, 0.25) is 10.0 Å². The molecule has 0 spiro atoms. The molecule has 0 aliphatic heterocycles. The predicted octanol–water partition coefficient (Wildman–Crippen LogP) is 1.30. The summed E-state index contributed by atoms with van der Waals surface area (Å²) in [6, 6.07) is 4.69. The molecule has 2 heterocycles. The van der Waals surface area contributed by atoms with Crippen molar-refractivity contribution in [3.05, 3.63) is 33.1 Å². The van der Waals surface area contributed by atoms with Gasteiger partial charge in [-0.05, 0) is 12.1 Å². The van der Waals surface area contributed by atoms with E-state index in [9.17, 15) is 13.2 Å². The molecule has 0 atom stereocenters. The highest BCUT2D eigenvalue weighted by Gasteiger charge is 2.17. The van der Waals surface area contributed by atoms with Crippen molar-refractivity contribution in [2.75, 3.05) is 6.54 Å². The maximum Gasteiger partial charge on any atom is 0.355 e. The molecular formula is C11H9N3O4S3. The van der Waals surface area contributed by atoms with Gasteiger partial charge in [-0.2, -0.15) is 5.26 Å². The van der Waals surface area contributed by atoms with E-state index < -0.39 is 16.0 Å². The first kappa shape index (κ1) is 15.6. The maximum atomic E-state index is 11.9. The highest BCUT2D eigenvalue weighted by molar-refractivity contribution is 7.91. The molecule has 7 nitrogen and oxygen atoms in total. The fraction of sp³-hybridized carbons (Fsp3) is 0.182. The van der Waals surface area contributed by atoms with Crippen molar-refractivity contribution in [1.82, 2.24) is 9.71 Å². The maximum absolute atomic E-state index is 11.9. The van der Waals surface area contributed by atoms with E-state index in [2.05, 4.69) is 9.71 Å². The average Bonchev–Trinajstić information content (AvgIpc) is 3.07. The Morgan fingerprint density at radius 1 is 1.48 bits per heavy atom. The molecule has 0 bridgehead atoms. The van der Waals surface area contributed by atoms with Crippen LogP contribution in [0.5, 0.6) is 0 Å². The zero-order chi connectivity index (χ0) is 15.5. The molecule has 0 aliphatic carbocycles. The number of carboxylic acid groups (broad SMARTS) is 1. The Labute approximate surface area is 128 Å². The molecule has 0 radical (unpaired) electrons. The van der Waals surface area contributed by atoms with E-state index in [0.717, 1.165) is 22.7 Å². The van der Waals surface area contributed by atoms with Crippen LogP contribution in [0.4, 0.5) is 0 Å². The van der Waals surface area contributed by atoms with Crippen molar-refractivity contribution in [2.24, 2.45) is 0 Å². The van der Waals surface area contributed by atoms with Gasteiger partial charge in [-0.3, -0.25) is 0 Å². The van der Waals surface area contributed by atoms with Crippen molar-refractivity contribution in [3.63, 3.8) is 0 Å². The molecule has 2 aromatic rings. The van der Waals surface area contributed by atoms with Gasteiger partial charge in [0.25, 0.3) is 0 Å². The summed E-state index contributed by atoms with van der Waals surface area (Å²) in [5.41, 5.74) is -0.0465.